The Morgan fingerprint density at radius 1 is 1.18 bits per heavy atom. The topological polar surface area (TPSA) is 36.4 Å². The SMILES string of the molecule is CCN(CC)CCN(C(=O)C1CCCCC1)c1nc2c(SC)cccc2s1.Cl. The van der Waals surface area contributed by atoms with Crippen molar-refractivity contribution in [2.75, 3.05) is 37.3 Å². The Kier molecular flexibility index (Phi) is 9.54. The number of fused-ring (bicyclic) bond motifs is 1. The van der Waals surface area contributed by atoms with Crippen molar-refractivity contribution >= 4 is 56.8 Å². The highest BCUT2D eigenvalue weighted by molar-refractivity contribution is 7.98. The summed E-state index contributed by atoms with van der Waals surface area (Å²) in [6.07, 6.45) is 7.76. The van der Waals surface area contributed by atoms with Crippen LogP contribution >= 0.6 is 35.5 Å². The molecule has 0 atom stereocenters. The molecule has 1 amide bonds. The van der Waals surface area contributed by atoms with Gasteiger partial charge in [0.1, 0.15) is 0 Å². The van der Waals surface area contributed by atoms with Crippen molar-refractivity contribution in [3.8, 4) is 0 Å². The highest BCUT2D eigenvalue weighted by Gasteiger charge is 2.29. The molecule has 156 valence electrons. The van der Waals surface area contributed by atoms with Gasteiger partial charge in [-0.15, -0.1) is 24.2 Å². The van der Waals surface area contributed by atoms with E-state index in [4.69, 9.17) is 4.98 Å². The van der Waals surface area contributed by atoms with Crippen molar-refractivity contribution in [1.29, 1.82) is 0 Å². The van der Waals surface area contributed by atoms with Gasteiger partial charge < -0.3 is 4.90 Å². The van der Waals surface area contributed by atoms with Gasteiger partial charge in [0, 0.05) is 23.9 Å². The summed E-state index contributed by atoms with van der Waals surface area (Å²) in [4.78, 5) is 23.9. The lowest BCUT2D eigenvalue weighted by atomic mass is 9.88. The minimum Gasteiger partial charge on any atom is -0.302 e. The number of nitrogens with zero attached hydrogens (tertiary/aromatic N) is 3. The summed E-state index contributed by atoms with van der Waals surface area (Å²) in [5.74, 6) is 0.453. The van der Waals surface area contributed by atoms with Crippen LogP contribution in [0.4, 0.5) is 5.13 Å². The Morgan fingerprint density at radius 3 is 2.54 bits per heavy atom. The summed E-state index contributed by atoms with van der Waals surface area (Å²) in [5.41, 5.74) is 1.04. The maximum atomic E-state index is 13.4. The molecule has 1 heterocycles. The number of halogens is 1. The first-order valence-corrected chi connectivity index (χ1v) is 12.2. The van der Waals surface area contributed by atoms with E-state index in [0.717, 1.165) is 49.7 Å². The predicted octanol–water partition coefficient (Wildman–Crippen LogP) is 5.70. The average molecular weight is 442 g/mol. The van der Waals surface area contributed by atoms with Gasteiger partial charge in [0.25, 0.3) is 0 Å². The molecule has 0 N–H and O–H groups in total. The zero-order chi connectivity index (χ0) is 19.2. The molecule has 2 aromatic rings. The van der Waals surface area contributed by atoms with Gasteiger partial charge >= 0.3 is 0 Å². The largest absolute Gasteiger partial charge is 0.302 e. The monoisotopic (exact) mass is 441 g/mol. The second-order valence-electron chi connectivity index (χ2n) is 7.16. The highest BCUT2D eigenvalue weighted by atomic mass is 35.5. The fraction of sp³-hybridized carbons (Fsp3) is 0.619. The van der Waals surface area contributed by atoms with Crippen LogP contribution in [0.1, 0.15) is 46.0 Å². The third kappa shape index (κ3) is 5.41. The molecule has 1 aromatic carbocycles. The van der Waals surface area contributed by atoms with Crippen LogP contribution in [-0.4, -0.2) is 48.2 Å². The Bertz CT molecular complexity index is 757. The Labute approximate surface area is 183 Å². The molecule has 0 aliphatic heterocycles. The van der Waals surface area contributed by atoms with Gasteiger partial charge in [0.15, 0.2) is 5.13 Å². The number of para-hydroxylation sites is 1. The molecule has 7 heteroatoms. The molecule has 0 unspecified atom stereocenters. The van der Waals surface area contributed by atoms with E-state index in [1.165, 1.54) is 28.9 Å². The maximum Gasteiger partial charge on any atom is 0.231 e. The van der Waals surface area contributed by atoms with Crippen LogP contribution in [0.25, 0.3) is 10.2 Å². The number of carbonyl (C=O) groups excluding carboxylic acids is 1. The minimum absolute atomic E-state index is 0. The summed E-state index contributed by atoms with van der Waals surface area (Å²) in [7, 11) is 0. The smallest absolute Gasteiger partial charge is 0.231 e. The zero-order valence-electron chi connectivity index (χ0n) is 17.1. The number of thiazole rings is 1. The molecule has 28 heavy (non-hydrogen) atoms. The Balaban J connectivity index is 0.00000280. The van der Waals surface area contributed by atoms with Crippen LogP contribution in [0, 0.1) is 5.92 Å². The van der Waals surface area contributed by atoms with E-state index < -0.39 is 0 Å². The lowest BCUT2D eigenvalue weighted by Gasteiger charge is -2.29. The van der Waals surface area contributed by atoms with Gasteiger partial charge in [-0.3, -0.25) is 9.69 Å². The quantitative estimate of drug-likeness (QED) is 0.492. The fourth-order valence-electron chi connectivity index (χ4n) is 3.84. The summed E-state index contributed by atoms with van der Waals surface area (Å²) >= 11 is 3.37. The molecule has 4 nitrogen and oxygen atoms in total. The first-order chi connectivity index (χ1) is 13.2. The van der Waals surface area contributed by atoms with Crippen LogP contribution in [0.5, 0.6) is 0 Å². The van der Waals surface area contributed by atoms with Gasteiger partial charge in [0.05, 0.1) is 10.2 Å². The van der Waals surface area contributed by atoms with Crippen LogP contribution in [0.2, 0.25) is 0 Å². The van der Waals surface area contributed by atoms with Gasteiger partial charge in [-0.25, -0.2) is 4.98 Å². The van der Waals surface area contributed by atoms with E-state index >= 15 is 0 Å². The van der Waals surface area contributed by atoms with Gasteiger partial charge in [-0.2, -0.15) is 0 Å². The average Bonchev–Trinajstić information content (AvgIpc) is 3.15. The fourth-order valence-corrected chi connectivity index (χ4v) is 5.50. The number of hydrogen-bond donors (Lipinski definition) is 0. The van der Waals surface area contributed by atoms with Crippen molar-refractivity contribution in [3.63, 3.8) is 0 Å². The number of rotatable bonds is 8. The van der Waals surface area contributed by atoms with Crippen molar-refractivity contribution in [1.82, 2.24) is 9.88 Å². The summed E-state index contributed by atoms with van der Waals surface area (Å²) < 4.78 is 1.17. The van der Waals surface area contributed by atoms with Crippen LogP contribution < -0.4 is 4.90 Å². The standard InChI is InChI=1S/C21H31N3OS2.ClH/c1-4-23(5-2)14-15-24(20(25)16-10-7-6-8-11-16)21-22-19-17(26-3)12-9-13-18(19)27-21;/h9,12-13,16H,4-8,10-11,14-15H2,1-3H3;1H. The summed E-state index contributed by atoms with van der Waals surface area (Å²) in [6.45, 7) is 8.01. The molecule has 0 radical (unpaired) electrons. The van der Waals surface area contributed by atoms with Crippen molar-refractivity contribution in [2.24, 2.45) is 5.92 Å². The zero-order valence-corrected chi connectivity index (χ0v) is 19.6. The molecule has 1 fully saturated rings. The van der Waals surface area contributed by atoms with E-state index in [9.17, 15) is 4.79 Å². The molecule has 1 aliphatic rings. The number of hydrogen-bond acceptors (Lipinski definition) is 5. The van der Waals surface area contributed by atoms with Crippen molar-refractivity contribution in [2.45, 2.75) is 50.8 Å². The first kappa shape index (κ1) is 23.5. The molecule has 1 aromatic heterocycles. The van der Waals surface area contributed by atoms with E-state index in [2.05, 4.69) is 43.2 Å². The van der Waals surface area contributed by atoms with E-state index in [-0.39, 0.29) is 24.2 Å². The Hall–Kier alpha value is -0.820. The molecule has 1 saturated carbocycles. The number of benzene rings is 1. The van der Waals surface area contributed by atoms with Crippen LogP contribution in [0.15, 0.2) is 23.1 Å². The summed E-state index contributed by atoms with van der Waals surface area (Å²) in [5, 5.41) is 0.870. The van der Waals surface area contributed by atoms with Gasteiger partial charge in [0.2, 0.25) is 5.91 Å². The molecular weight excluding hydrogens is 410 g/mol. The van der Waals surface area contributed by atoms with E-state index in [1.54, 1.807) is 23.1 Å². The highest BCUT2D eigenvalue weighted by Crippen LogP contribution is 2.35. The van der Waals surface area contributed by atoms with Crippen molar-refractivity contribution in [3.05, 3.63) is 18.2 Å². The molecular formula is C21H32ClN3OS2. The maximum absolute atomic E-state index is 13.4. The molecule has 0 bridgehead atoms. The lowest BCUT2D eigenvalue weighted by Crippen LogP contribution is -2.42. The van der Waals surface area contributed by atoms with Crippen LogP contribution in [0.3, 0.4) is 0 Å². The molecule has 1 aliphatic carbocycles. The lowest BCUT2D eigenvalue weighted by molar-refractivity contribution is -0.123. The van der Waals surface area contributed by atoms with E-state index in [0.29, 0.717) is 0 Å². The first-order valence-electron chi connectivity index (χ1n) is 10.1. The van der Waals surface area contributed by atoms with Crippen molar-refractivity contribution < 1.29 is 4.79 Å². The Morgan fingerprint density at radius 2 is 1.89 bits per heavy atom. The molecule has 0 saturated heterocycles. The van der Waals surface area contributed by atoms with Gasteiger partial charge in [-0.1, -0.05) is 50.5 Å². The van der Waals surface area contributed by atoms with E-state index in [1.807, 2.05) is 4.90 Å². The van der Waals surface area contributed by atoms with Crippen LogP contribution in [-0.2, 0) is 4.79 Å². The number of anilines is 1. The third-order valence-corrected chi connectivity index (χ3v) is 7.39. The number of aromatic nitrogens is 1. The molecule has 0 spiro atoms. The number of thioether (sulfide) groups is 1. The van der Waals surface area contributed by atoms with Gasteiger partial charge in [-0.05, 0) is 44.3 Å². The second-order valence-corrected chi connectivity index (χ2v) is 9.01. The number of likely N-dealkylation sites (N-methyl/N-ethyl adjacent to an activating group) is 1. The third-order valence-electron chi connectivity index (χ3n) is 5.58. The predicted molar refractivity (Wildman–Crippen MR) is 125 cm³/mol. The normalized spacial score (nSPS) is 15.0. The summed E-state index contributed by atoms with van der Waals surface area (Å²) in [6, 6.07) is 6.31. The molecule has 3 rings (SSSR count). The minimum atomic E-state index is 0. The number of carbonyl (C=O) groups is 1. The second kappa shape index (κ2) is 11.4. The number of amides is 1.